The van der Waals surface area contributed by atoms with Gasteiger partial charge in [-0.05, 0) is 59.7 Å². The van der Waals surface area contributed by atoms with Crippen LogP contribution in [0.5, 0.6) is 0 Å². The van der Waals surface area contributed by atoms with E-state index in [0.717, 1.165) is 49.1 Å². The van der Waals surface area contributed by atoms with Crippen LogP contribution in [0.3, 0.4) is 0 Å². The van der Waals surface area contributed by atoms with Gasteiger partial charge in [-0.2, -0.15) is 0 Å². The Kier molecular flexibility index (Phi) is 5.18. The highest BCUT2D eigenvalue weighted by atomic mass is 19.2. The first-order chi connectivity index (χ1) is 13.5. The zero-order valence-electron chi connectivity index (χ0n) is 15.0. The predicted octanol–water partition coefficient (Wildman–Crippen LogP) is 6.82. The highest BCUT2D eigenvalue weighted by molar-refractivity contribution is 5.71. The molecule has 1 aliphatic rings. The molecule has 0 radical (unpaired) electrons. The zero-order chi connectivity index (χ0) is 19.7. The van der Waals surface area contributed by atoms with Crippen molar-refractivity contribution in [2.45, 2.75) is 25.4 Å². The molecule has 0 aromatic heterocycles. The Morgan fingerprint density at radius 2 is 1.32 bits per heavy atom. The number of ether oxygens (including phenoxy) is 1. The van der Waals surface area contributed by atoms with Crippen molar-refractivity contribution in [1.29, 1.82) is 0 Å². The van der Waals surface area contributed by atoms with Crippen molar-refractivity contribution in [3.8, 4) is 22.3 Å². The van der Waals surface area contributed by atoms with Crippen LogP contribution in [-0.2, 0) is 4.74 Å². The van der Waals surface area contributed by atoms with Gasteiger partial charge in [0.15, 0.2) is 17.5 Å². The van der Waals surface area contributed by atoms with E-state index in [9.17, 15) is 17.6 Å². The van der Waals surface area contributed by atoms with Crippen molar-refractivity contribution < 1.29 is 22.3 Å². The van der Waals surface area contributed by atoms with Gasteiger partial charge >= 0.3 is 0 Å². The molecular weight excluding hydrogens is 368 g/mol. The van der Waals surface area contributed by atoms with Crippen LogP contribution >= 0.6 is 0 Å². The third-order valence-electron chi connectivity index (χ3n) is 5.06. The third-order valence-corrected chi connectivity index (χ3v) is 5.06. The average molecular weight is 386 g/mol. The van der Waals surface area contributed by atoms with Gasteiger partial charge in [-0.1, -0.05) is 36.4 Å². The third kappa shape index (κ3) is 3.67. The van der Waals surface area contributed by atoms with Crippen LogP contribution in [0.25, 0.3) is 22.3 Å². The van der Waals surface area contributed by atoms with Gasteiger partial charge in [-0.15, -0.1) is 0 Å². The van der Waals surface area contributed by atoms with Crippen molar-refractivity contribution >= 4 is 0 Å². The molecular formula is C23H18F4O. The Bertz CT molecular complexity index is 969. The van der Waals surface area contributed by atoms with Crippen LogP contribution in [-0.4, -0.2) is 6.61 Å². The highest BCUT2D eigenvalue weighted by Gasteiger charge is 2.17. The van der Waals surface area contributed by atoms with Crippen LogP contribution in [0, 0.1) is 23.3 Å². The largest absolute Gasteiger partial charge is 0.374 e. The lowest BCUT2D eigenvalue weighted by atomic mass is 9.96. The van der Waals surface area contributed by atoms with E-state index in [4.69, 9.17) is 4.74 Å². The number of rotatable bonds is 3. The maximum Gasteiger partial charge on any atom is 0.194 e. The maximum atomic E-state index is 14.6. The Balaban J connectivity index is 1.61. The highest BCUT2D eigenvalue weighted by Crippen LogP contribution is 2.32. The minimum absolute atomic E-state index is 0.00813. The number of halogens is 4. The minimum atomic E-state index is -1.57. The first-order valence-corrected chi connectivity index (χ1v) is 9.19. The van der Waals surface area contributed by atoms with Crippen molar-refractivity contribution in [2.75, 3.05) is 6.61 Å². The Hall–Kier alpha value is -2.66. The molecule has 5 heteroatoms. The van der Waals surface area contributed by atoms with E-state index in [-0.39, 0.29) is 17.2 Å². The first kappa shape index (κ1) is 18.7. The molecule has 0 spiro atoms. The molecule has 1 unspecified atom stereocenters. The van der Waals surface area contributed by atoms with Gasteiger partial charge in [0.1, 0.15) is 5.82 Å². The quantitative estimate of drug-likeness (QED) is 0.355. The molecule has 3 aromatic rings. The van der Waals surface area contributed by atoms with Crippen molar-refractivity contribution in [3.05, 3.63) is 83.4 Å². The minimum Gasteiger partial charge on any atom is -0.374 e. The summed E-state index contributed by atoms with van der Waals surface area (Å²) in [5.74, 6) is -4.90. The summed E-state index contributed by atoms with van der Waals surface area (Å²) in [7, 11) is 0. The van der Waals surface area contributed by atoms with Crippen LogP contribution < -0.4 is 0 Å². The summed E-state index contributed by atoms with van der Waals surface area (Å²) >= 11 is 0. The molecule has 0 bridgehead atoms. The van der Waals surface area contributed by atoms with E-state index in [2.05, 4.69) is 0 Å². The lowest BCUT2D eigenvalue weighted by Crippen LogP contribution is -2.11. The second-order valence-corrected chi connectivity index (χ2v) is 6.93. The van der Waals surface area contributed by atoms with Crippen LogP contribution in [0.4, 0.5) is 17.6 Å². The van der Waals surface area contributed by atoms with Gasteiger partial charge in [0.05, 0.1) is 6.10 Å². The van der Waals surface area contributed by atoms with E-state index in [1.54, 1.807) is 6.07 Å². The summed E-state index contributed by atoms with van der Waals surface area (Å²) in [6, 6.07) is 13.7. The van der Waals surface area contributed by atoms with Gasteiger partial charge in [-0.25, -0.2) is 17.6 Å². The van der Waals surface area contributed by atoms with E-state index in [0.29, 0.717) is 5.56 Å². The van der Waals surface area contributed by atoms with E-state index >= 15 is 0 Å². The SMILES string of the molecule is Fc1cc(-c2ccc(C3CCCCO3)cc2)ccc1-c1cc(F)c(F)c(F)c1. The summed E-state index contributed by atoms with van der Waals surface area (Å²) in [4.78, 5) is 0. The van der Waals surface area contributed by atoms with Crippen molar-refractivity contribution in [3.63, 3.8) is 0 Å². The summed E-state index contributed by atoms with van der Waals surface area (Å²) in [5.41, 5.74) is 2.51. The lowest BCUT2D eigenvalue weighted by Gasteiger charge is -2.23. The lowest BCUT2D eigenvalue weighted by molar-refractivity contribution is 0.0149. The molecule has 1 atom stereocenters. The van der Waals surface area contributed by atoms with Crippen LogP contribution in [0.15, 0.2) is 54.6 Å². The second kappa shape index (κ2) is 7.76. The molecule has 3 aromatic carbocycles. The molecule has 4 rings (SSSR count). The fourth-order valence-corrected chi connectivity index (χ4v) is 3.53. The Morgan fingerprint density at radius 1 is 0.679 bits per heavy atom. The van der Waals surface area contributed by atoms with E-state index in [1.165, 1.54) is 12.1 Å². The van der Waals surface area contributed by atoms with Gasteiger partial charge < -0.3 is 4.74 Å². The fourth-order valence-electron chi connectivity index (χ4n) is 3.53. The number of hydrogen-bond donors (Lipinski definition) is 0. The van der Waals surface area contributed by atoms with E-state index < -0.39 is 23.3 Å². The van der Waals surface area contributed by atoms with Crippen molar-refractivity contribution in [1.82, 2.24) is 0 Å². The molecule has 1 nitrogen and oxygen atoms in total. The molecule has 1 fully saturated rings. The summed E-state index contributed by atoms with van der Waals surface area (Å²) in [6.45, 7) is 0.768. The Labute approximate surface area is 160 Å². The molecule has 144 valence electrons. The van der Waals surface area contributed by atoms with Crippen LogP contribution in [0.1, 0.15) is 30.9 Å². The fraction of sp³-hybridized carbons (Fsp3) is 0.217. The average Bonchev–Trinajstić information content (AvgIpc) is 2.72. The molecule has 0 amide bonds. The van der Waals surface area contributed by atoms with Gasteiger partial charge in [0, 0.05) is 12.2 Å². The zero-order valence-corrected chi connectivity index (χ0v) is 15.0. The first-order valence-electron chi connectivity index (χ1n) is 9.19. The number of hydrogen-bond acceptors (Lipinski definition) is 1. The van der Waals surface area contributed by atoms with Crippen molar-refractivity contribution in [2.24, 2.45) is 0 Å². The molecule has 28 heavy (non-hydrogen) atoms. The maximum absolute atomic E-state index is 14.6. The molecule has 0 N–H and O–H groups in total. The van der Waals surface area contributed by atoms with Crippen LogP contribution in [0.2, 0.25) is 0 Å². The molecule has 1 saturated heterocycles. The Morgan fingerprint density at radius 3 is 1.93 bits per heavy atom. The summed E-state index contributed by atoms with van der Waals surface area (Å²) < 4.78 is 60.4. The van der Waals surface area contributed by atoms with Gasteiger partial charge in [0.2, 0.25) is 0 Å². The summed E-state index contributed by atoms with van der Waals surface area (Å²) in [6.07, 6.45) is 3.32. The smallest absolute Gasteiger partial charge is 0.194 e. The van der Waals surface area contributed by atoms with Gasteiger partial charge in [0.25, 0.3) is 0 Å². The van der Waals surface area contributed by atoms with Gasteiger partial charge in [-0.3, -0.25) is 0 Å². The topological polar surface area (TPSA) is 9.23 Å². The predicted molar refractivity (Wildman–Crippen MR) is 99.7 cm³/mol. The standard InChI is InChI=1S/C23H18F4O/c24-19-11-16(8-9-18(19)17-12-20(25)23(27)21(26)13-17)14-4-6-15(7-5-14)22-3-1-2-10-28-22/h4-9,11-13,22H,1-3,10H2. The van der Waals surface area contributed by atoms with E-state index in [1.807, 2.05) is 24.3 Å². The molecule has 1 heterocycles. The number of benzene rings is 3. The normalized spacial score (nSPS) is 16.9. The molecule has 1 aliphatic heterocycles. The monoisotopic (exact) mass is 386 g/mol. The second-order valence-electron chi connectivity index (χ2n) is 6.93. The molecule has 0 saturated carbocycles. The molecule has 0 aliphatic carbocycles. The summed E-state index contributed by atoms with van der Waals surface area (Å²) in [5, 5.41) is 0.